The molecule has 5 N–H and O–H groups in total. The average Bonchev–Trinajstić information content (AvgIpc) is 3.07. The molecule has 14 heteroatoms. The molecule has 3 rings (SSSR count). The molecular weight excluding hydrogens is 648 g/mol. The number of nitrogens with zero attached hydrogens (tertiary/aromatic N) is 1. The first-order chi connectivity index (χ1) is 23.7. The number of nitrogens with two attached hydrogens (primary N) is 1. The molecule has 3 amide bonds. The number of nitrogens with one attached hydrogen (secondary N) is 2. The summed E-state index contributed by atoms with van der Waals surface area (Å²) in [6.45, 7) is 9.84. The lowest BCUT2D eigenvalue weighted by Crippen LogP contribution is -2.46. The first-order valence-electron chi connectivity index (χ1n) is 17.0. The van der Waals surface area contributed by atoms with Crippen molar-refractivity contribution in [2.75, 3.05) is 33.9 Å². The van der Waals surface area contributed by atoms with Crippen molar-refractivity contribution < 1.29 is 48.0 Å². The summed E-state index contributed by atoms with van der Waals surface area (Å²) in [5.74, 6) is -2.27. The second-order valence-electron chi connectivity index (χ2n) is 13.0. The van der Waals surface area contributed by atoms with Crippen LogP contribution in [0.15, 0.2) is 58.5 Å². The highest BCUT2D eigenvalue weighted by Gasteiger charge is 2.35. The standard InChI is InChI=1S/C36H52N4O10/c1-8-49-36(46)40-14-12-24(13-15-40)38-30-25-16-20(2)17-29(48-7)31(42)22(4)18-23(5)33(50-35(37)45)28(47-6)11-9-10-21(3)34(44)39-26(32(25)43)19-27(30)41/h9-11,18-20,22,24,28-29,31,33,38,42H,8,12-17H2,1-7H3,(H2,37,45)(H,39,44)/b11-9-,21-10+,23-18+/t20-,22+,28+,29+,31-,33+/m1/s1. The maximum atomic E-state index is 14.0. The second-order valence-corrected chi connectivity index (χ2v) is 13.0. The van der Waals surface area contributed by atoms with Crippen molar-refractivity contribution in [1.82, 2.24) is 15.5 Å². The average molecular weight is 701 g/mol. The zero-order chi connectivity index (χ0) is 37.1. The van der Waals surface area contributed by atoms with Crippen LogP contribution in [0.25, 0.3) is 0 Å². The Balaban J connectivity index is 2.01. The number of hydrogen-bond acceptors (Lipinski definition) is 11. The van der Waals surface area contributed by atoms with E-state index in [1.807, 2.05) is 6.92 Å². The number of aliphatic hydroxyl groups is 1. The van der Waals surface area contributed by atoms with Crippen molar-refractivity contribution in [3.8, 4) is 0 Å². The van der Waals surface area contributed by atoms with Crippen LogP contribution >= 0.6 is 0 Å². The number of amides is 3. The first kappa shape index (κ1) is 40.2. The molecule has 1 saturated heterocycles. The summed E-state index contributed by atoms with van der Waals surface area (Å²) < 4.78 is 21.8. The second kappa shape index (κ2) is 18.6. The molecule has 0 aromatic heterocycles. The third-order valence-corrected chi connectivity index (χ3v) is 9.16. The molecule has 6 atom stereocenters. The van der Waals surface area contributed by atoms with E-state index in [2.05, 4.69) is 10.6 Å². The fourth-order valence-electron chi connectivity index (χ4n) is 6.37. The van der Waals surface area contributed by atoms with Crippen molar-refractivity contribution >= 4 is 29.7 Å². The van der Waals surface area contributed by atoms with E-state index in [1.165, 1.54) is 20.3 Å². The highest BCUT2D eigenvalue weighted by molar-refractivity contribution is 6.23. The summed E-state index contributed by atoms with van der Waals surface area (Å²) in [7, 11) is 2.91. The van der Waals surface area contributed by atoms with E-state index in [4.69, 9.17) is 24.7 Å². The quantitative estimate of drug-likeness (QED) is 0.235. The Labute approximate surface area is 293 Å². The molecule has 1 fully saturated rings. The molecule has 0 aromatic rings. The van der Waals surface area contributed by atoms with Crippen LogP contribution in [0.4, 0.5) is 9.59 Å². The molecule has 50 heavy (non-hydrogen) atoms. The molecule has 0 saturated carbocycles. The van der Waals surface area contributed by atoms with Crippen LogP contribution in [0.3, 0.4) is 0 Å². The van der Waals surface area contributed by atoms with Gasteiger partial charge in [-0.15, -0.1) is 0 Å². The summed E-state index contributed by atoms with van der Waals surface area (Å²) in [6, 6.07) is -0.184. The van der Waals surface area contributed by atoms with E-state index >= 15 is 0 Å². The molecule has 1 aliphatic carbocycles. The number of aliphatic hydroxyl groups excluding tert-OH is 1. The minimum absolute atomic E-state index is 0.152. The van der Waals surface area contributed by atoms with Gasteiger partial charge in [0.25, 0.3) is 5.91 Å². The monoisotopic (exact) mass is 700 g/mol. The Morgan fingerprint density at radius 3 is 2.38 bits per heavy atom. The number of methoxy groups -OCH3 is 2. The van der Waals surface area contributed by atoms with E-state index in [-0.39, 0.29) is 53.6 Å². The molecular formula is C36H52N4O10. The van der Waals surface area contributed by atoms with Gasteiger partial charge < -0.3 is 45.3 Å². The Morgan fingerprint density at radius 1 is 1.10 bits per heavy atom. The lowest BCUT2D eigenvalue weighted by molar-refractivity contribution is -0.120. The predicted molar refractivity (Wildman–Crippen MR) is 184 cm³/mol. The van der Waals surface area contributed by atoms with Gasteiger partial charge in [0.05, 0.1) is 30.2 Å². The molecule has 2 aliphatic heterocycles. The largest absolute Gasteiger partial charge is 0.450 e. The van der Waals surface area contributed by atoms with Gasteiger partial charge >= 0.3 is 12.2 Å². The molecule has 276 valence electrons. The number of fused-ring (bicyclic) bond motifs is 2. The van der Waals surface area contributed by atoms with Crippen LogP contribution in [0.1, 0.15) is 60.3 Å². The van der Waals surface area contributed by atoms with Gasteiger partial charge in [0, 0.05) is 56.5 Å². The molecule has 0 spiro atoms. The van der Waals surface area contributed by atoms with Gasteiger partial charge in [0.2, 0.25) is 11.6 Å². The number of carbonyl (C=O) groups is 5. The van der Waals surface area contributed by atoms with Gasteiger partial charge in [0.1, 0.15) is 6.10 Å². The number of likely N-dealkylation sites (tertiary alicyclic amines) is 1. The summed E-state index contributed by atoms with van der Waals surface area (Å²) >= 11 is 0. The topological polar surface area (TPSA) is 196 Å². The summed E-state index contributed by atoms with van der Waals surface area (Å²) in [5, 5.41) is 17.3. The number of piperidine rings is 1. The fourth-order valence-corrected chi connectivity index (χ4v) is 6.37. The molecule has 2 heterocycles. The van der Waals surface area contributed by atoms with E-state index in [9.17, 15) is 29.1 Å². The number of Topliss-reactive ketones (excluding diaryl/α,β-unsaturated/α-hetero) is 1. The minimum atomic E-state index is -1.01. The van der Waals surface area contributed by atoms with Crippen LogP contribution in [0, 0.1) is 11.8 Å². The van der Waals surface area contributed by atoms with Crippen molar-refractivity contribution in [1.29, 1.82) is 0 Å². The summed E-state index contributed by atoms with van der Waals surface area (Å²) in [6.07, 6.45) is 4.27. The molecule has 2 bridgehead atoms. The number of hydrogen-bond donors (Lipinski definition) is 4. The highest BCUT2D eigenvalue weighted by Crippen LogP contribution is 2.29. The Hall–Kier alpha value is -4.27. The number of ether oxygens (including phenoxy) is 4. The third kappa shape index (κ3) is 10.6. The van der Waals surface area contributed by atoms with Gasteiger partial charge in [-0.3, -0.25) is 14.4 Å². The zero-order valence-electron chi connectivity index (χ0n) is 30.0. The number of carbonyl (C=O) groups excluding carboxylic acids is 5. The maximum absolute atomic E-state index is 14.0. The van der Waals surface area contributed by atoms with Gasteiger partial charge in [-0.05, 0) is 57.9 Å². The van der Waals surface area contributed by atoms with Crippen LogP contribution in [0.2, 0.25) is 0 Å². The number of primary amides is 1. The predicted octanol–water partition coefficient (Wildman–Crippen LogP) is 2.97. The fraction of sp³-hybridized carbons (Fsp3) is 0.583. The Morgan fingerprint density at radius 2 is 1.78 bits per heavy atom. The molecule has 14 nitrogen and oxygen atoms in total. The van der Waals surface area contributed by atoms with Gasteiger partial charge in [-0.25, -0.2) is 9.59 Å². The van der Waals surface area contributed by atoms with Crippen molar-refractivity contribution in [2.24, 2.45) is 17.6 Å². The first-order valence-corrected chi connectivity index (χ1v) is 17.0. The Bertz CT molecular complexity index is 1440. The third-order valence-electron chi connectivity index (χ3n) is 9.16. The van der Waals surface area contributed by atoms with E-state index < -0.39 is 53.9 Å². The normalized spacial score (nSPS) is 30.7. The van der Waals surface area contributed by atoms with Gasteiger partial charge in [-0.2, -0.15) is 0 Å². The van der Waals surface area contributed by atoms with Crippen LogP contribution < -0.4 is 16.4 Å². The van der Waals surface area contributed by atoms with Crippen LogP contribution in [-0.2, 0) is 33.3 Å². The molecule has 3 aliphatic rings. The van der Waals surface area contributed by atoms with E-state index in [0.717, 1.165) is 6.08 Å². The van der Waals surface area contributed by atoms with Crippen molar-refractivity contribution in [3.63, 3.8) is 0 Å². The van der Waals surface area contributed by atoms with E-state index in [0.29, 0.717) is 37.9 Å². The minimum Gasteiger partial charge on any atom is -0.450 e. The lowest BCUT2D eigenvalue weighted by atomic mass is 9.84. The van der Waals surface area contributed by atoms with Crippen molar-refractivity contribution in [2.45, 2.75) is 90.8 Å². The summed E-state index contributed by atoms with van der Waals surface area (Å²) in [4.78, 5) is 66.5. The van der Waals surface area contributed by atoms with Crippen LogP contribution in [-0.4, -0.2) is 104 Å². The van der Waals surface area contributed by atoms with Gasteiger partial charge in [-0.1, -0.05) is 38.2 Å². The van der Waals surface area contributed by atoms with Gasteiger partial charge in [0.15, 0.2) is 6.10 Å². The number of allylic oxidation sites excluding steroid dienone is 4. The highest BCUT2D eigenvalue weighted by atomic mass is 16.6. The molecule has 0 unspecified atom stereocenters. The molecule has 0 radical (unpaired) electrons. The number of ketones is 2. The summed E-state index contributed by atoms with van der Waals surface area (Å²) in [5.41, 5.74) is 6.40. The zero-order valence-corrected chi connectivity index (χ0v) is 30.0. The molecule has 0 aromatic carbocycles. The SMILES string of the molecule is CCOC(=O)N1CCC(NC2=C3C[C@@H](C)C[C@H](OC)[C@H](O)[C@@H](C)/C=C(\C)[C@H](OC(N)=O)[C@@H](OC)/C=C\C=C(/C)C(=O)NC(=CC2=O)C3=O)CC1. The lowest BCUT2D eigenvalue weighted by Gasteiger charge is -2.34. The van der Waals surface area contributed by atoms with E-state index in [1.54, 1.807) is 50.8 Å². The Kier molecular flexibility index (Phi) is 15.0. The maximum Gasteiger partial charge on any atom is 0.409 e. The van der Waals surface area contributed by atoms with Crippen molar-refractivity contribution in [3.05, 3.63) is 58.5 Å². The number of rotatable bonds is 6. The van der Waals surface area contributed by atoms with Crippen LogP contribution in [0.5, 0.6) is 0 Å². The smallest absolute Gasteiger partial charge is 0.409 e.